The predicted molar refractivity (Wildman–Crippen MR) is 149 cm³/mol. The second kappa shape index (κ2) is 12.0. The molecular weight excluding hydrogens is 513 g/mol. The van der Waals surface area contributed by atoms with Crippen molar-refractivity contribution in [2.24, 2.45) is 0 Å². The van der Waals surface area contributed by atoms with E-state index in [2.05, 4.69) is 33.2 Å². The van der Waals surface area contributed by atoms with Gasteiger partial charge in [-0.1, -0.05) is 12.1 Å². The van der Waals surface area contributed by atoms with Gasteiger partial charge in [0.2, 0.25) is 0 Å². The number of methoxy groups -OCH3 is 1. The van der Waals surface area contributed by atoms with Crippen LogP contribution in [0.15, 0.2) is 71.3 Å². The first-order chi connectivity index (χ1) is 19.5. The number of furan rings is 1. The Labute approximate surface area is 231 Å². The number of nitriles is 1. The fourth-order valence-corrected chi connectivity index (χ4v) is 4.58. The lowest BCUT2D eigenvalue weighted by Gasteiger charge is -2.34. The van der Waals surface area contributed by atoms with Gasteiger partial charge in [-0.25, -0.2) is 9.37 Å². The zero-order valence-electron chi connectivity index (χ0n) is 22.2. The summed E-state index contributed by atoms with van der Waals surface area (Å²) in [5.74, 6) is -0.725. The number of likely N-dealkylation sites (N-methyl/N-ethyl adjacent to an activating group) is 1. The maximum absolute atomic E-state index is 14.1. The maximum atomic E-state index is 14.1. The van der Waals surface area contributed by atoms with E-state index in [4.69, 9.17) is 13.9 Å². The second-order valence-electron chi connectivity index (χ2n) is 9.35. The van der Waals surface area contributed by atoms with Crippen LogP contribution in [0, 0.1) is 17.1 Å². The fraction of sp³-hybridized carbons (Fsp3) is 0.233. The highest BCUT2D eigenvalue weighted by molar-refractivity contribution is 6.03. The molecule has 1 aliphatic rings. The molecule has 204 valence electrons. The van der Waals surface area contributed by atoms with Gasteiger partial charge in [-0.15, -0.1) is 0 Å². The largest absolute Gasteiger partial charge is 0.467 e. The smallest absolute Gasteiger partial charge is 0.292 e. The molecular formula is C30H28FN5O4. The third-order valence-corrected chi connectivity index (χ3v) is 6.69. The molecule has 0 aliphatic carbocycles. The minimum atomic E-state index is -0.557. The van der Waals surface area contributed by atoms with Gasteiger partial charge in [-0.3, -0.25) is 4.79 Å². The van der Waals surface area contributed by atoms with Gasteiger partial charge in [-0.2, -0.15) is 5.26 Å². The van der Waals surface area contributed by atoms with E-state index in [1.807, 2.05) is 24.3 Å². The van der Waals surface area contributed by atoms with Crippen LogP contribution in [-0.4, -0.2) is 62.9 Å². The van der Waals surface area contributed by atoms with Crippen molar-refractivity contribution in [3.05, 3.63) is 84.1 Å². The molecule has 4 aromatic rings. The molecule has 3 heterocycles. The zero-order valence-corrected chi connectivity index (χ0v) is 22.2. The quantitative estimate of drug-likeness (QED) is 0.311. The van der Waals surface area contributed by atoms with Crippen LogP contribution in [0.5, 0.6) is 5.75 Å². The average Bonchev–Trinajstić information content (AvgIpc) is 3.52. The minimum absolute atomic E-state index is 0.0448. The van der Waals surface area contributed by atoms with E-state index < -0.39 is 11.7 Å². The van der Waals surface area contributed by atoms with Crippen LogP contribution >= 0.6 is 0 Å². The molecule has 0 atom stereocenters. The van der Waals surface area contributed by atoms with E-state index >= 15 is 0 Å². The molecule has 0 bridgehead atoms. The van der Waals surface area contributed by atoms with Crippen molar-refractivity contribution in [3.8, 4) is 34.2 Å². The number of carbonyl (C=O) groups excluding carboxylic acids is 1. The molecule has 5 rings (SSSR count). The molecule has 0 saturated carbocycles. The number of aromatic nitrogens is 1. The first-order valence-electron chi connectivity index (χ1n) is 12.7. The highest BCUT2D eigenvalue weighted by Crippen LogP contribution is 2.37. The Morgan fingerprint density at radius 2 is 1.93 bits per heavy atom. The molecule has 0 spiro atoms. The van der Waals surface area contributed by atoms with E-state index in [0.717, 1.165) is 37.4 Å². The van der Waals surface area contributed by atoms with Crippen LogP contribution in [0.3, 0.4) is 0 Å². The van der Waals surface area contributed by atoms with Crippen LogP contribution in [0.25, 0.3) is 22.4 Å². The number of rotatable bonds is 8. The van der Waals surface area contributed by atoms with Gasteiger partial charge in [0.1, 0.15) is 23.2 Å². The first kappa shape index (κ1) is 26.9. The normalized spacial score (nSPS) is 13.6. The van der Waals surface area contributed by atoms with Crippen LogP contribution in [0.4, 0.5) is 15.9 Å². The summed E-state index contributed by atoms with van der Waals surface area (Å²) in [4.78, 5) is 22.1. The van der Waals surface area contributed by atoms with Gasteiger partial charge >= 0.3 is 0 Å². The average molecular weight is 542 g/mol. The van der Waals surface area contributed by atoms with Crippen molar-refractivity contribution >= 4 is 17.4 Å². The number of piperazine rings is 1. The van der Waals surface area contributed by atoms with Crippen molar-refractivity contribution in [1.82, 2.24) is 9.88 Å². The number of amides is 1. The fourth-order valence-electron chi connectivity index (χ4n) is 4.58. The number of anilines is 2. The monoisotopic (exact) mass is 541 g/mol. The molecule has 2 aromatic carbocycles. The molecule has 10 heteroatoms. The molecule has 0 radical (unpaired) electrons. The summed E-state index contributed by atoms with van der Waals surface area (Å²) in [7, 11) is 3.57. The molecule has 1 saturated heterocycles. The summed E-state index contributed by atoms with van der Waals surface area (Å²) in [6, 6.07) is 19.1. The van der Waals surface area contributed by atoms with Gasteiger partial charge in [0, 0.05) is 56.2 Å². The Hall–Kier alpha value is -4.72. The number of carbonyl (C=O) groups is 1. The number of hydrogen-bond donors (Lipinski definition) is 1. The van der Waals surface area contributed by atoms with Crippen molar-refractivity contribution < 1.29 is 23.1 Å². The van der Waals surface area contributed by atoms with Crippen molar-refractivity contribution in [1.29, 1.82) is 5.26 Å². The summed E-state index contributed by atoms with van der Waals surface area (Å²) in [6.07, 6.45) is 1.39. The number of benzene rings is 2. The molecule has 1 N–H and O–H groups in total. The Kier molecular flexibility index (Phi) is 8.05. The van der Waals surface area contributed by atoms with E-state index in [-0.39, 0.29) is 29.7 Å². The second-order valence-corrected chi connectivity index (χ2v) is 9.35. The van der Waals surface area contributed by atoms with Gasteiger partial charge in [-0.05, 0) is 55.1 Å². The zero-order chi connectivity index (χ0) is 28.1. The molecule has 1 aliphatic heterocycles. The van der Waals surface area contributed by atoms with E-state index in [1.54, 1.807) is 12.1 Å². The van der Waals surface area contributed by atoms with E-state index in [9.17, 15) is 14.4 Å². The lowest BCUT2D eigenvalue weighted by molar-refractivity contribution is 0.0513. The van der Waals surface area contributed by atoms with Crippen LogP contribution < -0.4 is 15.0 Å². The molecule has 9 nitrogen and oxygen atoms in total. The van der Waals surface area contributed by atoms with Gasteiger partial charge in [0.15, 0.2) is 18.4 Å². The number of nitrogens with one attached hydrogen (secondary N) is 1. The van der Waals surface area contributed by atoms with Crippen LogP contribution in [0.1, 0.15) is 16.1 Å². The number of pyridine rings is 1. The number of nitrogens with zero attached hydrogens (tertiary/aromatic N) is 4. The third kappa shape index (κ3) is 5.81. The Morgan fingerprint density at radius 1 is 1.10 bits per heavy atom. The molecule has 40 heavy (non-hydrogen) atoms. The highest BCUT2D eigenvalue weighted by Gasteiger charge is 2.22. The van der Waals surface area contributed by atoms with Gasteiger partial charge in [0.05, 0.1) is 12.0 Å². The first-order valence-corrected chi connectivity index (χ1v) is 12.7. The molecule has 0 unspecified atom stereocenters. The van der Waals surface area contributed by atoms with Crippen molar-refractivity contribution in [3.63, 3.8) is 0 Å². The van der Waals surface area contributed by atoms with E-state index in [1.165, 1.54) is 37.6 Å². The topological polar surface area (TPSA) is 104 Å². The molecule has 1 fully saturated rings. The lowest BCUT2D eigenvalue weighted by atomic mass is 9.97. The summed E-state index contributed by atoms with van der Waals surface area (Å²) in [5.41, 5.74) is 3.38. The van der Waals surface area contributed by atoms with Gasteiger partial charge < -0.3 is 29.0 Å². The van der Waals surface area contributed by atoms with Crippen molar-refractivity contribution in [2.75, 3.05) is 57.3 Å². The highest BCUT2D eigenvalue weighted by atomic mass is 19.1. The summed E-state index contributed by atoms with van der Waals surface area (Å²) in [5, 5.41) is 13.0. The minimum Gasteiger partial charge on any atom is -0.467 e. The molecule has 1 amide bonds. The number of halogens is 1. The number of hydrogen-bond acceptors (Lipinski definition) is 8. The lowest BCUT2D eigenvalue weighted by Crippen LogP contribution is -2.44. The Bertz CT molecular complexity index is 1540. The van der Waals surface area contributed by atoms with Gasteiger partial charge in [0.25, 0.3) is 5.91 Å². The Balaban J connectivity index is 1.64. The van der Waals surface area contributed by atoms with Crippen LogP contribution in [0.2, 0.25) is 0 Å². The summed E-state index contributed by atoms with van der Waals surface area (Å²) >= 11 is 0. The SMILES string of the molecule is COCOc1cc(F)ccc1-c1cc(-c2cccc(N3CCN(C)CC3)c2)c(C#N)c(NC(=O)c2ccco2)n1. The van der Waals surface area contributed by atoms with Crippen molar-refractivity contribution in [2.45, 2.75) is 0 Å². The van der Waals surface area contributed by atoms with Crippen LogP contribution in [-0.2, 0) is 4.74 Å². The van der Waals surface area contributed by atoms with E-state index in [0.29, 0.717) is 16.8 Å². The third-order valence-electron chi connectivity index (χ3n) is 6.69. The maximum Gasteiger partial charge on any atom is 0.292 e. The predicted octanol–water partition coefficient (Wildman–Crippen LogP) is 5.01. The Morgan fingerprint density at radius 3 is 2.65 bits per heavy atom. The summed E-state index contributed by atoms with van der Waals surface area (Å²) in [6.45, 7) is 3.56. The standard InChI is InChI=1S/C30H28FN5O4/c1-35-10-12-36(13-11-35)22-6-3-5-20(15-22)24-17-26(23-9-8-21(31)16-28(23)40-19-38-2)33-29(25(24)18-32)34-30(37)27-7-4-14-39-27/h3-9,14-17H,10-13,19H2,1-2H3,(H,33,34,37). The molecule has 2 aromatic heterocycles. The summed E-state index contributed by atoms with van der Waals surface area (Å²) < 4.78 is 30.0. The number of ether oxygens (including phenoxy) is 2.